The van der Waals surface area contributed by atoms with Crippen LogP contribution in [0.3, 0.4) is 0 Å². The quantitative estimate of drug-likeness (QED) is 0.943. The lowest BCUT2D eigenvalue weighted by Crippen LogP contribution is -2.28. The number of hydrogen-bond acceptors (Lipinski definition) is 4. The zero-order valence-corrected chi connectivity index (χ0v) is 12.3. The van der Waals surface area contributed by atoms with Gasteiger partial charge in [-0.3, -0.25) is 0 Å². The molecule has 1 N–H and O–H groups in total. The van der Waals surface area contributed by atoms with Gasteiger partial charge in [-0.05, 0) is 49.1 Å². The second-order valence-corrected chi connectivity index (χ2v) is 5.33. The average molecular weight is 299 g/mol. The summed E-state index contributed by atoms with van der Waals surface area (Å²) in [5, 5.41) is 9.23. The lowest BCUT2D eigenvalue weighted by atomic mass is 9.96. The number of carboxylic acids is 1. The number of rotatable bonds is 3. The summed E-state index contributed by atoms with van der Waals surface area (Å²) in [4.78, 5) is 24.9. The molecule has 0 bridgehead atoms. The molecule has 3 rings (SSSR count). The molecule has 22 heavy (non-hydrogen) atoms. The van der Waals surface area contributed by atoms with Crippen LogP contribution < -0.4 is 10.5 Å². The van der Waals surface area contributed by atoms with Gasteiger partial charge < -0.3 is 14.4 Å². The van der Waals surface area contributed by atoms with Crippen molar-refractivity contribution in [1.82, 2.24) is 0 Å². The number of hydrogen-bond donors (Lipinski definition) is 1. The minimum atomic E-state index is -1.24. The first kappa shape index (κ1) is 14.4. The second-order valence-electron chi connectivity index (χ2n) is 5.33. The van der Waals surface area contributed by atoms with Crippen LogP contribution in [0.4, 0.5) is 5.69 Å². The van der Waals surface area contributed by atoms with E-state index in [-0.39, 0.29) is 5.76 Å². The van der Waals surface area contributed by atoms with Crippen molar-refractivity contribution in [3.05, 3.63) is 52.1 Å². The van der Waals surface area contributed by atoms with Gasteiger partial charge >= 0.3 is 11.6 Å². The summed E-state index contributed by atoms with van der Waals surface area (Å²) < 4.78 is 4.85. The van der Waals surface area contributed by atoms with Gasteiger partial charge in [-0.1, -0.05) is 6.07 Å². The summed E-state index contributed by atoms with van der Waals surface area (Å²) in [5.41, 5.74) is 2.94. The van der Waals surface area contributed by atoms with Crippen LogP contribution in [0.2, 0.25) is 0 Å². The van der Waals surface area contributed by atoms with Crippen molar-refractivity contribution in [2.45, 2.75) is 19.8 Å². The Kier molecular flexibility index (Phi) is 3.71. The third-order valence-corrected chi connectivity index (χ3v) is 4.01. The fourth-order valence-electron chi connectivity index (χ4n) is 2.97. The summed E-state index contributed by atoms with van der Waals surface area (Å²) in [6.45, 7) is 4.12. The Balaban J connectivity index is 2.11. The third kappa shape index (κ3) is 2.50. The third-order valence-electron chi connectivity index (χ3n) is 4.01. The smallest absolute Gasteiger partial charge is 0.372 e. The molecule has 1 aromatic heterocycles. The molecule has 0 fully saturated rings. The molecule has 5 heteroatoms. The normalized spacial score (nSPS) is 13.8. The Bertz CT molecular complexity index is 778. The summed E-state index contributed by atoms with van der Waals surface area (Å²) in [6, 6.07) is 8.66. The Hall–Kier alpha value is -2.56. The molecule has 2 heterocycles. The molecule has 5 nitrogen and oxygen atoms in total. The standard InChI is InChI=1S/C17H17NO4/c1-2-18-9-3-4-12-10-11(5-7-14(12)18)13-6-8-15(19)22-16(13)17(20)21/h5-8,10H,2-4,9H2,1H3,(H,20,21). The summed E-state index contributed by atoms with van der Waals surface area (Å²) >= 11 is 0. The fourth-order valence-corrected chi connectivity index (χ4v) is 2.97. The molecule has 2 aromatic rings. The van der Waals surface area contributed by atoms with E-state index in [2.05, 4.69) is 11.8 Å². The van der Waals surface area contributed by atoms with Crippen molar-refractivity contribution >= 4 is 11.7 Å². The molecule has 114 valence electrons. The Labute approximate surface area is 127 Å². The molecular formula is C17H17NO4. The number of fused-ring (bicyclic) bond motifs is 1. The van der Waals surface area contributed by atoms with Crippen molar-refractivity contribution in [1.29, 1.82) is 0 Å². The maximum atomic E-state index is 11.3. The molecular weight excluding hydrogens is 282 g/mol. The summed E-state index contributed by atoms with van der Waals surface area (Å²) in [6.07, 6.45) is 2.05. The van der Waals surface area contributed by atoms with Crippen LogP contribution in [0.5, 0.6) is 0 Å². The molecule has 0 saturated carbocycles. The van der Waals surface area contributed by atoms with Crippen LogP contribution in [-0.4, -0.2) is 24.2 Å². The largest absolute Gasteiger partial charge is 0.475 e. The number of carboxylic acid groups (broad SMARTS) is 1. The zero-order chi connectivity index (χ0) is 15.7. The van der Waals surface area contributed by atoms with Crippen LogP contribution in [0.1, 0.15) is 29.5 Å². The highest BCUT2D eigenvalue weighted by Crippen LogP contribution is 2.32. The second kappa shape index (κ2) is 5.67. The monoisotopic (exact) mass is 299 g/mol. The maximum Gasteiger partial charge on any atom is 0.372 e. The SMILES string of the molecule is CCN1CCCc2cc(-c3ccc(=O)oc3C(=O)O)ccc21. The van der Waals surface area contributed by atoms with Crippen LogP contribution in [-0.2, 0) is 6.42 Å². The lowest BCUT2D eigenvalue weighted by Gasteiger charge is -2.30. The zero-order valence-electron chi connectivity index (χ0n) is 12.3. The van der Waals surface area contributed by atoms with E-state index in [0.29, 0.717) is 5.56 Å². The first-order valence-corrected chi connectivity index (χ1v) is 7.36. The van der Waals surface area contributed by atoms with E-state index < -0.39 is 11.6 Å². The van der Waals surface area contributed by atoms with Gasteiger partial charge in [-0.25, -0.2) is 9.59 Å². The van der Waals surface area contributed by atoms with E-state index in [1.165, 1.54) is 23.4 Å². The average Bonchev–Trinajstić information content (AvgIpc) is 2.53. The first-order chi connectivity index (χ1) is 10.6. The number of benzene rings is 1. The van der Waals surface area contributed by atoms with E-state index in [1.54, 1.807) is 0 Å². The highest BCUT2D eigenvalue weighted by molar-refractivity contribution is 5.93. The maximum absolute atomic E-state index is 11.3. The van der Waals surface area contributed by atoms with Gasteiger partial charge in [0.05, 0.1) is 0 Å². The number of aryl methyl sites for hydroxylation is 1. The van der Waals surface area contributed by atoms with Crippen molar-refractivity contribution < 1.29 is 14.3 Å². The van der Waals surface area contributed by atoms with Crippen molar-refractivity contribution in [2.24, 2.45) is 0 Å². The summed E-state index contributed by atoms with van der Waals surface area (Å²) in [7, 11) is 0. The highest BCUT2D eigenvalue weighted by Gasteiger charge is 2.19. The predicted octanol–water partition coefficient (Wildman–Crippen LogP) is 2.78. The van der Waals surface area contributed by atoms with Gasteiger partial charge in [0.2, 0.25) is 5.76 Å². The van der Waals surface area contributed by atoms with E-state index in [1.807, 2.05) is 18.2 Å². The van der Waals surface area contributed by atoms with Gasteiger partial charge in [-0.15, -0.1) is 0 Å². The molecule has 0 saturated heterocycles. The van der Waals surface area contributed by atoms with Crippen LogP contribution in [0.15, 0.2) is 39.5 Å². The first-order valence-electron chi connectivity index (χ1n) is 7.36. The molecule has 0 atom stereocenters. The van der Waals surface area contributed by atoms with Gasteiger partial charge in [-0.2, -0.15) is 0 Å². The Morgan fingerprint density at radius 2 is 2.14 bits per heavy atom. The summed E-state index contributed by atoms with van der Waals surface area (Å²) in [5.74, 6) is -1.55. The van der Waals surface area contributed by atoms with E-state index in [4.69, 9.17) is 4.42 Å². The van der Waals surface area contributed by atoms with E-state index in [0.717, 1.165) is 31.5 Å². The van der Waals surface area contributed by atoms with Crippen molar-refractivity contribution in [2.75, 3.05) is 18.0 Å². The van der Waals surface area contributed by atoms with Gasteiger partial charge in [0.25, 0.3) is 0 Å². The van der Waals surface area contributed by atoms with Gasteiger partial charge in [0.1, 0.15) is 0 Å². The molecule has 0 spiro atoms. The van der Waals surface area contributed by atoms with Crippen LogP contribution in [0, 0.1) is 0 Å². The number of anilines is 1. The topological polar surface area (TPSA) is 70.8 Å². The number of carbonyl (C=O) groups is 1. The predicted molar refractivity (Wildman–Crippen MR) is 83.6 cm³/mol. The molecule has 1 aliphatic rings. The Morgan fingerprint density at radius 1 is 1.32 bits per heavy atom. The molecule has 0 unspecified atom stereocenters. The van der Waals surface area contributed by atoms with Gasteiger partial charge in [0.15, 0.2) is 0 Å². The highest BCUT2D eigenvalue weighted by atomic mass is 16.4. The fraction of sp³-hybridized carbons (Fsp3) is 0.294. The number of nitrogens with zero attached hydrogens (tertiary/aromatic N) is 1. The van der Waals surface area contributed by atoms with Crippen molar-refractivity contribution in [3.63, 3.8) is 0 Å². The minimum absolute atomic E-state index is 0.310. The molecule has 0 radical (unpaired) electrons. The Morgan fingerprint density at radius 3 is 2.86 bits per heavy atom. The minimum Gasteiger partial charge on any atom is -0.475 e. The van der Waals surface area contributed by atoms with E-state index >= 15 is 0 Å². The lowest BCUT2D eigenvalue weighted by molar-refractivity contribution is 0.0658. The van der Waals surface area contributed by atoms with Gasteiger partial charge in [0, 0.05) is 30.4 Å². The van der Waals surface area contributed by atoms with E-state index in [9.17, 15) is 14.7 Å². The van der Waals surface area contributed by atoms with Crippen molar-refractivity contribution in [3.8, 4) is 11.1 Å². The molecule has 1 aliphatic heterocycles. The van der Waals surface area contributed by atoms with Crippen LogP contribution in [0.25, 0.3) is 11.1 Å². The molecule has 0 amide bonds. The number of aromatic carboxylic acids is 1. The molecule has 0 aliphatic carbocycles. The molecule has 1 aromatic carbocycles. The van der Waals surface area contributed by atoms with Crippen LogP contribution >= 0.6 is 0 Å².